The molecule has 0 aliphatic carbocycles. The minimum absolute atomic E-state index is 0.0917. The standard InChI is InChI=1S/C28H36N6O5/c1-5-14-31(4)25(36)22-21-12-13-28(39-21)23(22)26(37)34(18(7-3)16-35)24(28)27(38)32(15-6-2)17-33-20-11-9-8-10-19(20)29-30-33/h5-6,8-11,18,21-24,35H,1-2,7,12-17H2,3-4H3/t18-,21+,22-,23-,24?,28?/m0/s1. The SMILES string of the molecule is C=CCN(C)C(=O)[C@@H]1[C@H]2C(=O)N([C@@H](CC)CO)C(C(=O)N(CC=C)Cn3nnc4ccccc43)C23CC[C@H]1O3. The lowest BCUT2D eigenvalue weighted by Gasteiger charge is -2.39. The van der Waals surface area contributed by atoms with Crippen LogP contribution in [0.25, 0.3) is 11.0 Å². The predicted octanol–water partition coefficient (Wildman–Crippen LogP) is 1.19. The zero-order valence-corrected chi connectivity index (χ0v) is 22.5. The van der Waals surface area contributed by atoms with E-state index in [0.717, 1.165) is 5.52 Å². The fourth-order valence-corrected chi connectivity index (χ4v) is 6.73. The van der Waals surface area contributed by atoms with Gasteiger partial charge < -0.3 is 24.5 Å². The van der Waals surface area contributed by atoms with Gasteiger partial charge in [0, 0.05) is 20.1 Å². The van der Waals surface area contributed by atoms with Gasteiger partial charge in [-0.2, -0.15) is 0 Å². The number of hydrogen-bond donors (Lipinski definition) is 1. The Morgan fingerprint density at radius 3 is 2.69 bits per heavy atom. The molecule has 1 aromatic carbocycles. The van der Waals surface area contributed by atoms with Crippen molar-refractivity contribution in [2.75, 3.05) is 26.7 Å². The fraction of sp³-hybridized carbons (Fsp3) is 0.536. The van der Waals surface area contributed by atoms with E-state index in [1.54, 1.807) is 33.7 Å². The Bertz CT molecular complexity index is 1290. The molecule has 3 aliphatic heterocycles. The summed E-state index contributed by atoms with van der Waals surface area (Å²) in [6, 6.07) is 5.89. The minimum atomic E-state index is -1.15. The summed E-state index contributed by atoms with van der Waals surface area (Å²) in [7, 11) is 1.68. The average molecular weight is 537 g/mol. The smallest absolute Gasteiger partial charge is 0.250 e. The summed E-state index contributed by atoms with van der Waals surface area (Å²) in [6.07, 6.45) is 4.31. The molecular formula is C28H36N6O5. The number of hydrogen-bond acceptors (Lipinski definition) is 7. The Morgan fingerprint density at radius 2 is 2.00 bits per heavy atom. The summed E-state index contributed by atoms with van der Waals surface area (Å²) in [5.74, 6) is -2.33. The summed E-state index contributed by atoms with van der Waals surface area (Å²) in [4.78, 5) is 46.8. The van der Waals surface area contributed by atoms with Crippen molar-refractivity contribution >= 4 is 28.8 Å². The topological polar surface area (TPSA) is 121 Å². The number of carbonyl (C=O) groups excluding carboxylic acids is 3. The van der Waals surface area contributed by atoms with Crippen molar-refractivity contribution in [3.63, 3.8) is 0 Å². The monoisotopic (exact) mass is 536 g/mol. The lowest BCUT2D eigenvalue weighted by atomic mass is 9.70. The molecule has 2 unspecified atom stereocenters. The number of likely N-dealkylation sites (tertiary alicyclic amines) is 1. The van der Waals surface area contributed by atoms with Gasteiger partial charge in [0.1, 0.15) is 23.8 Å². The maximum Gasteiger partial charge on any atom is 0.250 e. The van der Waals surface area contributed by atoms with Crippen LogP contribution >= 0.6 is 0 Å². The molecule has 0 radical (unpaired) electrons. The van der Waals surface area contributed by atoms with Crippen molar-refractivity contribution in [1.29, 1.82) is 0 Å². The molecular weight excluding hydrogens is 500 g/mol. The van der Waals surface area contributed by atoms with Crippen LogP contribution in [0.5, 0.6) is 0 Å². The number of aliphatic hydroxyl groups is 1. The fourth-order valence-electron chi connectivity index (χ4n) is 6.73. The molecule has 1 aromatic heterocycles. The van der Waals surface area contributed by atoms with Crippen LogP contribution in [0.3, 0.4) is 0 Å². The van der Waals surface area contributed by atoms with Crippen LogP contribution in [-0.2, 0) is 25.8 Å². The molecule has 2 aromatic rings. The molecule has 1 N–H and O–H groups in total. The number of ether oxygens (including phenoxy) is 1. The third kappa shape index (κ3) is 4.15. The van der Waals surface area contributed by atoms with Crippen molar-refractivity contribution in [2.45, 2.75) is 56.6 Å². The van der Waals surface area contributed by atoms with E-state index in [9.17, 15) is 19.5 Å². The molecule has 1 spiro atoms. The molecule has 3 aliphatic rings. The van der Waals surface area contributed by atoms with E-state index >= 15 is 0 Å². The highest BCUT2D eigenvalue weighted by molar-refractivity contribution is 5.99. The van der Waals surface area contributed by atoms with Crippen LogP contribution in [0.15, 0.2) is 49.6 Å². The molecule has 11 heteroatoms. The number of carbonyl (C=O) groups is 3. The maximum atomic E-state index is 14.5. The Morgan fingerprint density at radius 1 is 1.26 bits per heavy atom. The normalized spacial score (nSPS) is 28.0. The van der Waals surface area contributed by atoms with Crippen molar-refractivity contribution < 1.29 is 24.2 Å². The summed E-state index contributed by atoms with van der Waals surface area (Å²) >= 11 is 0. The van der Waals surface area contributed by atoms with Gasteiger partial charge in [0.25, 0.3) is 0 Å². The highest BCUT2D eigenvalue weighted by Crippen LogP contribution is 2.59. The summed E-state index contributed by atoms with van der Waals surface area (Å²) in [5, 5.41) is 18.7. The Balaban J connectivity index is 1.54. The molecule has 2 bridgehead atoms. The highest BCUT2D eigenvalue weighted by atomic mass is 16.5. The van der Waals surface area contributed by atoms with E-state index in [2.05, 4.69) is 23.5 Å². The lowest BCUT2D eigenvalue weighted by Crippen LogP contribution is -2.58. The van der Waals surface area contributed by atoms with E-state index in [1.165, 1.54) is 4.90 Å². The number of para-hydroxylation sites is 1. The van der Waals surface area contributed by atoms with Gasteiger partial charge in [0.15, 0.2) is 0 Å². The number of benzene rings is 1. The van der Waals surface area contributed by atoms with E-state index in [-0.39, 0.29) is 37.5 Å². The van der Waals surface area contributed by atoms with Gasteiger partial charge in [-0.1, -0.05) is 36.4 Å². The van der Waals surface area contributed by atoms with Crippen molar-refractivity contribution in [2.24, 2.45) is 11.8 Å². The second kappa shape index (κ2) is 10.5. The number of amides is 3. The number of fused-ring (bicyclic) bond motifs is 2. The van der Waals surface area contributed by atoms with E-state index < -0.39 is 35.6 Å². The molecule has 11 nitrogen and oxygen atoms in total. The lowest BCUT2D eigenvalue weighted by molar-refractivity contribution is -0.152. The second-order valence-corrected chi connectivity index (χ2v) is 10.6. The number of likely N-dealkylation sites (N-methyl/N-ethyl adjacent to an activating group) is 1. The largest absolute Gasteiger partial charge is 0.394 e. The number of nitrogens with zero attached hydrogens (tertiary/aromatic N) is 6. The maximum absolute atomic E-state index is 14.5. The molecule has 3 amide bonds. The quantitative estimate of drug-likeness (QED) is 0.428. The third-order valence-electron chi connectivity index (χ3n) is 8.50. The summed E-state index contributed by atoms with van der Waals surface area (Å²) < 4.78 is 8.17. The average Bonchev–Trinajstić information content (AvgIpc) is 3.68. The molecule has 0 saturated carbocycles. The third-order valence-corrected chi connectivity index (χ3v) is 8.50. The van der Waals surface area contributed by atoms with Gasteiger partial charge in [0.05, 0.1) is 36.1 Å². The zero-order chi connectivity index (χ0) is 27.9. The molecule has 6 atom stereocenters. The predicted molar refractivity (Wildman–Crippen MR) is 143 cm³/mol. The van der Waals surface area contributed by atoms with Crippen molar-refractivity contribution in [3.8, 4) is 0 Å². The van der Waals surface area contributed by atoms with E-state index in [1.807, 2.05) is 31.2 Å². The number of aliphatic hydroxyl groups excluding tert-OH is 1. The first-order valence-corrected chi connectivity index (χ1v) is 13.5. The van der Waals surface area contributed by atoms with Crippen molar-refractivity contribution in [1.82, 2.24) is 29.7 Å². The number of rotatable bonds is 11. The van der Waals surface area contributed by atoms with Gasteiger partial charge in [0.2, 0.25) is 17.7 Å². The van der Waals surface area contributed by atoms with Crippen molar-refractivity contribution in [3.05, 3.63) is 49.6 Å². The van der Waals surface area contributed by atoms with E-state index in [4.69, 9.17) is 4.74 Å². The van der Waals surface area contributed by atoms with Gasteiger partial charge in [-0.25, -0.2) is 4.68 Å². The van der Waals surface area contributed by atoms with Crippen LogP contribution in [0.1, 0.15) is 26.2 Å². The van der Waals surface area contributed by atoms with E-state index in [0.29, 0.717) is 31.3 Å². The van der Waals surface area contributed by atoms with Crippen LogP contribution < -0.4 is 0 Å². The molecule has 39 heavy (non-hydrogen) atoms. The highest BCUT2D eigenvalue weighted by Gasteiger charge is 2.75. The Labute approximate surface area is 227 Å². The van der Waals surface area contributed by atoms with Crippen LogP contribution in [-0.4, -0.2) is 103 Å². The molecule has 3 fully saturated rings. The van der Waals surface area contributed by atoms with Crippen LogP contribution in [0.4, 0.5) is 0 Å². The van der Waals surface area contributed by atoms with Gasteiger partial charge >= 0.3 is 0 Å². The van der Waals surface area contributed by atoms with Gasteiger partial charge in [-0.15, -0.1) is 18.3 Å². The zero-order valence-electron chi connectivity index (χ0n) is 22.5. The molecule has 3 saturated heterocycles. The first-order valence-electron chi connectivity index (χ1n) is 13.5. The number of aromatic nitrogens is 3. The molecule has 4 heterocycles. The van der Waals surface area contributed by atoms with Gasteiger partial charge in [-0.3, -0.25) is 14.4 Å². The first-order chi connectivity index (χ1) is 18.8. The van der Waals surface area contributed by atoms with Crippen LogP contribution in [0, 0.1) is 11.8 Å². The minimum Gasteiger partial charge on any atom is -0.394 e. The summed E-state index contributed by atoms with van der Waals surface area (Å²) in [6.45, 7) is 9.76. The van der Waals surface area contributed by atoms with Gasteiger partial charge in [-0.05, 0) is 31.4 Å². The first kappa shape index (κ1) is 27.0. The molecule has 208 valence electrons. The Kier molecular flexibility index (Phi) is 7.30. The molecule has 5 rings (SSSR count). The second-order valence-electron chi connectivity index (χ2n) is 10.6. The van der Waals surface area contributed by atoms with Crippen LogP contribution in [0.2, 0.25) is 0 Å². The Hall–Kier alpha value is -3.57. The summed E-state index contributed by atoms with van der Waals surface area (Å²) in [5.41, 5.74) is 0.320.